The van der Waals surface area contributed by atoms with Crippen LogP contribution in [0.3, 0.4) is 0 Å². The number of aromatic nitrogens is 1. The van der Waals surface area contributed by atoms with Gasteiger partial charge in [0.15, 0.2) is 0 Å². The molecule has 11 aromatic carbocycles. The third kappa shape index (κ3) is 5.73. The van der Waals surface area contributed by atoms with Crippen LogP contribution in [0.5, 0.6) is 0 Å². The van der Waals surface area contributed by atoms with Gasteiger partial charge < -0.3 is 9.47 Å². The van der Waals surface area contributed by atoms with E-state index >= 15 is 0 Å². The zero-order valence-electron chi connectivity index (χ0n) is 39.1. The molecule has 0 saturated heterocycles. The molecule has 0 amide bonds. The molecule has 1 spiro atoms. The molecule has 2 aliphatic rings. The normalized spacial score (nSPS) is 15.2. The quantitative estimate of drug-likeness (QED) is 0.151. The zero-order valence-corrected chi connectivity index (χ0v) is 40.1. The molecule has 3 heteroatoms. The fourth-order valence-electron chi connectivity index (χ4n) is 12.7. The largest absolute Gasteiger partial charge is 0.310 e. The summed E-state index contributed by atoms with van der Waals surface area (Å²) in [4.78, 5) is 2.54. The third-order valence-corrected chi connectivity index (χ3v) is 19.2. The lowest BCUT2D eigenvalue weighted by atomic mass is 9.59. The predicted octanol–water partition coefficient (Wildman–Crippen LogP) is 16.2. The minimum Gasteiger partial charge on any atom is -0.310 e. The number of nitrogens with zero attached hydrogens (tertiary/aromatic N) is 2. The lowest BCUT2D eigenvalue weighted by molar-refractivity contribution is 0.754. The Morgan fingerprint density at radius 3 is 1.74 bits per heavy atom. The summed E-state index contributed by atoms with van der Waals surface area (Å²) in [6, 6.07) is 95.5. The van der Waals surface area contributed by atoms with Gasteiger partial charge in [0.1, 0.15) is 8.07 Å². The van der Waals surface area contributed by atoms with E-state index in [2.05, 4.69) is 277 Å². The standard InChI is InChI=1S/C67H48N2Si/c1-70(2)64-38-18-14-33-57(64)67(56-32-13-9-29-52(56)55-31-19-25-47-26-20-34-59(67)66(47)55)58-42-40-49(44-65(58)70)68(60-35-15-10-27-50(60)45-21-5-3-6-22-45)48-39-41-54-53-30-12-17-37-62(53)69(63(54)43-48)61-36-16-11-28-51(61)46-23-7-4-8-24-46/h3-44H,1-2H3. The summed E-state index contributed by atoms with van der Waals surface area (Å²) in [5.74, 6) is 0. The molecular weight excluding hydrogens is 861 g/mol. The van der Waals surface area contributed by atoms with Crippen LogP contribution in [0, 0.1) is 0 Å². The monoisotopic (exact) mass is 908 g/mol. The molecule has 0 saturated carbocycles. The van der Waals surface area contributed by atoms with Crippen molar-refractivity contribution in [2.24, 2.45) is 0 Å². The van der Waals surface area contributed by atoms with Gasteiger partial charge in [0.2, 0.25) is 0 Å². The second-order valence-electron chi connectivity index (χ2n) is 19.6. The fourth-order valence-corrected chi connectivity index (χ4v) is 15.9. The van der Waals surface area contributed by atoms with Crippen LogP contribution in [0.1, 0.15) is 22.3 Å². The number of hydrogen-bond acceptors (Lipinski definition) is 1. The van der Waals surface area contributed by atoms with E-state index in [0.717, 1.165) is 28.3 Å². The molecule has 1 unspecified atom stereocenters. The Morgan fingerprint density at radius 1 is 0.371 bits per heavy atom. The molecule has 0 radical (unpaired) electrons. The van der Waals surface area contributed by atoms with Gasteiger partial charge in [-0.05, 0) is 108 Å². The van der Waals surface area contributed by atoms with Gasteiger partial charge in [0, 0.05) is 33.3 Å². The van der Waals surface area contributed by atoms with E-state index in [1.165, 1.54) is 93.1 Å². The molecule has 1 aliphatic carbocycles. The summed E-state index contributed by atoms with van der Waals surface area (Å²) in [5.41, 5.74) is 19.3. The second-order valence-corrected chi connectivity index (χ2v) is 23.9. The molecule has 2 heterocycles. The Hall–Kier alpha value is -8.50. The molecule has 330 valence electrons. The van der Waals surface area contributed by atoms with E-state index in [9.17, 15) is 0 Å². The highest BCUT2D eigenvalue weighted by atomic mass is 28.3. The Kier molecular flexibility index (Phi) is 8.99. The first-order valence-corrected chi connectivity index (χ1v) is 27.5. The van der Waals surface area contributed by atoms with Gasteiger partial charge in [-0.25, -0.2) is 0 Å². The minimum absolute atomic E-state index is 0.518. The maximum atomic E-state index is 2.59. The first-order chi connectivity index (χ1) is 34.5. The summed E-state index contributed by atoms with van der Waals surface area (Å²) in [5, 5.41) is 8.05. The average molecular weight is 909 g/mol. The maximum Gasteiger partial charge on any atom is 0.113 e. The molecule has 2 nitrogen and oxygen atoms in total. The van der Waals surface area contributed by atoms with Crippen LogP contribution < -0.4 is 15.3 Å². The van der Waals surface area contributed by atoms with E-state index < -0.39 is 13.5 Å². The Morgan fingerprint density at radius 2 is 0.929 bits per heavy atom. The van der Waals surface area contributed by atoms with Crippen molar-refractivity contribution in [3.05, 3.63) is 277 Å². The molecule has 1 aromatic heterocycles. The summed E-state index contributed by atoms with van der Waals surface area (Å²) in [6.07, 6.45) is 0. The van der Waals surface area contributed by atoms with Crippen LogP contribution in [-0.2, 0) is 5.41 Å². The zero-order chi connectivity index (χ0) is 46.6. The van der Waals surface area contributed by atoms with Crippen molar-refractivity contribution >= 4 is 68.1 Å². The predicted molar refractivity (Wildman–Crippen MR) is 298 cm³/mol. The van der Waals surface area contributed by atoms with Crippen molar-refractivity contribution in [2.75, 3.05) is 4.90 Å². The van der Waals surface area contributed by atoms with Crippen LogP contribution >= 0.6 is 0 Å². The van der Waals surface area contributed by atoms with Crippen molar-refractivity contribution in [3.63, 3.8) is 0 Å². The molecule has 1 atom stereocenters. The van der Waals surface area contributed by atoms with Crippen LogP contribution in [-0.4, -0.2) is 12.6 Å². The maximum absolute atomic E-state index is 2.59. The van der Waals surface area contributed by atoms with Crippen LogP contribution in [0.25, 0.3) is 71.6 Å². The summed E-state index contributed by atoms with van der Waals surface area (Å²) >= 11 is 0. The minimum atomic E-state index is -2.38. The van der Waals surface area contributed by atoms with Gasteiger partial charge >= 0.3 is 0 Å². The molecule has 1 aliphatic heterocycles. The Labute approximate surface area is 410 Å². The SMILES string of the molecule is C[Si]1(C)c2ccccc2C2(c3ccccc3-c3cccc4cccc2c34)c2ccc(N(c3ccc4c5ccccc5n(-c5ccccc5-c5ccccc5)c4c3)c3ccccc3-c3ccccc3)cc21. The number of benzene rings is 11. The molecule has 0 fully saturated rings. The van der Waals surface area contributed by atoms with Crippen LogP contribution in [0.2, 0.25) is 13.1 Å². The van der Waals surface area contributed by atoms with Crippen LogP contribution in [0.4, 0.5) is 17.1 Å². The van der Waals surface area contributed by atoms with E-state index in [1.54, 1.807) is 0 Å². The van der Waals surface area contributed by atoms with E-state index in [4.69, 9.17) is 0 Å². The van der Waals surface area contributed by atoms with Gasteiger partial charge in [-0.15, -0.1) is 0 Å². The molecule has 0 bridgehead atoms. The van der Waals surface area contributed by atoms with E-state index in [-0.39, 0.29) is 0 Å². The van der Waals surface area contributed by atoms with Crippen LogP contribution in [0.15, 0.2) is 255 Å². The smallest absolute Gasteiger partial charge is 0.113 e. The summed E-state index contributed by atoms with van der Waals surface area (Å²) in [6.45, 7) is 5.14. The first kappa shape index (κ1) is 40.6. The number of anilines is 3. The number of hydrogen-bond donors (Lipinski definition) is 0. The van der Waals surface area contributed by atoms with Crippen molar-refractivity contribution in [1.29, 1.82) is 0 Å². The van der Waals surface area contributed by atoms with Crippen molar-refractivity contribution in [1.82, 2.24) is 4.57 Å². The molecule has 0 N–H and O–H groups in total. The fraction of sp³-hybridized carbons (Fsp3) is 0.0448. The third-order valence-electron chi connectivity index (χ3n) is 15.6. The first-order valence-electron chi connectivity index (χ1n) is 24.5. The van der Waals surface area contributed by atoms with Crippen molar-refractivity contribution in [2.45, 2.75) is 18.5 Å². The lowest BCUT2D eigenvalue weighted by Gasteiger charge is -2.50. The van der Waals surface area contributed by atoms with Gasteiger partial charge in [-0.1, -0.05) is 225 Å². The van der Waals surface area contributed by atoms with Gasteiger partial charge in [0.25, 0.3) is 0 Å². The lowest BCUT2D eigenvalue weighted by Crippen LogP contribution is -2.63. The Balaban J connectivity index is 1.07. The second kappa shape index (κ2) is 15.5. The molecule has 12 aromatic rings. The summed E-state index contributed by atoms with van der Waals surface area (Å²) in [7, 11) is -2.38. The number of rotatable bonds is 6. The van der Waals surface area contributed by atoms with Gasteiger partial charge in [-0.3, -0.25) is 0 Å². The summed E-state index contributed by atoms with van der Waals surface area (Å²) < 4.78 is 2.49. The van der Waals surface area contributed by atoms with Crippen molar-refractivity contribution < 1.29 is 0 Å². The highest BCUT2D eigenvalue weighted by Gasteiger charge is 2.52. The topological polar surface area (TPSA) is 8.17 Å². The van der Waals surface area contributed by atoms with Crippen molar-refractivity contribution in [3.8, 4) is 39.1 Å². The highest BCUT2D eigenvalue weighted by molar-refractivity contribution is 7.01. The van der Waals surface area contributed by atoms with Gasteiger partial charge in [-0.2, -0.15) is 0 Å². The Bertz CT molecular complexity index is 4050. The van der Waals surface area contributed by atoms with E-state index in [1.807, 2.05) is 0 Å². The highest BCUT2D eigenvalue weighted by Crippen LogP contribution is 2.57. The number of fused-ring (bicyclic) bond motifs is 11. The molecule has 14 rings (SSSR count). The number of para-hydroxylation sites is 3. The van der Waals surface area contributed by atoms with E-state index in [0.29, 0.717) is 0 Å². The van der Waals surface area contributed by atoms with Gasteiger partial charge in [0.05, 0.1) is 27.8 Å². The molecular formula is C67H48N2Si. The average Bonchev–Trinajstić information content (AvgIpc) is 3.75. The molecule has 70 heavy (non-hydrogen) atoms.